The van der Waals surface area contributed by atoms with Crippen LogP contribution in [0.1, 0.15) is 107 Å². The molecule has 3 saturated carbocycles. The van der Waals surface area contributed by atoms with Crippen LogP contribution < -0.4 is 0 Å². The SMILES string of the molecule is [2H][C@H]1C2=CC[C@H]3[C@@H]4CC[C@H]([C@H](C)CCCC(C)C)[C@@]4(C)CC[C@@H]3[C@@]2(C)CC[C@@H]1Cl. The van der Waals surface area contributed by atoms with E-state index in [2.05, 4.69) is 40.7 Å². The van der Waals surface area contributed by atoms with Gasteiger partial charge in [-0.15, -0.1) is 11.6 Å². The van der Waals surface area contributed by atoms with Gasteiger partial charge in [0.15, 0.2) is 0 Å². The van der Waals surface area contributed by atoms with Crippen LogP contribution in [0.4, 0.5) is 0 Å². The van der Waals surface area contributed by atoms with Crippen LogP contribution in [0.5, 0.6) is 0 Å². The van der Waals surface area contributed by atoms with E-state index in [0.717, 1.165) is 41.9 Å². The number of rotatable bonds is 5. The zero-order valence-corrected chi connectivity index (χ0v) is 19.9. The van der Waals surface area contributed by atoms with Crippen LogP contribution in [-0.2, 0) is 0 Å². The van der Waals surface area contributed by atoms with Gasteiger partial charge in [-0.3, -0.25) is 0 Å². The van der Waals surface area contributed by atoms with Crippen LogP contribution in [0.25, 0.3) is 0 Å². The Labute approximate surface area is 181 Å². The van der Waals surface area contributed by atoms with Gasteiger partial charge in [-0.2, -0.15) is 0 Å². The molecule has 0 aliphatic heterocycles. The topological polar surface area (TPSA) is 0 Å². The van der Waals surface area contributed by atoms with Crippen molar-refractivity contribution in [1.82, 2.24) is 0 Å². The minimum Gasteiger partial charge on any atom is -0.123 e. The molecule has 4 rings (SSSR count). The smallest absolute Gasteiger partial charge is 0.0373 e. The molecule has 160 valence electrons. The maximum Gasteiger partial charge on any atom is 0.0373 e. The molecule has 3 fully saturated rings. The first-order valence-corrected chi connectivity index (χ1v) is 12.9. The Kier molecular flexibility index (Phi) is 5.66. The molecule has 0 spiro atoms. The van der Waals surface area contributed by atoms with Crippen LogP contribution in [0.15, 0.2) is 11.6 Å². The lowest BCUT2D eigenvalue weighted by Crippen LogP contribution is -2.50. The van der Waals surface area contributed by atoms with Crippen molar-refractivity contribution in [1.29, 1.82) is 0 Å². The summed E-state index contributed by atoms with van der Waals surface area (Å²) in [5.41, 5.74) is 2.22. The molecule has 0 unspecified atom stereocenters. The van der Waals surface area contributed by atoms with E-state index in [1.54, 1.807) is 0 Å². The lowest BCUT2D eigenvalue weighted by atomic mass is 9.47. The number of hydrogen-bond donors (Lipinski definition) is 0. The van der Waals surface area contributed by atoms with Crippen molar-refractivity contribution in [2.24, 2.45) is 46.3 Å². The molecule has 1 heteroatoms. The molecule has 0 heterocycles. The van der Waals surface area contributed by atoms with Gasteiger partial charge in [0.05, 0.1) is 0 Å². The maximum atomic E-state index is 8.70. The van der Waals surface area contributed by atoms with Gasteiger partial charge in [-0.05, 0) is 97.7 Å². The highest BCUT2D eigenvalue weighted by atomic mass is 35.5. The maximum absolute atomic E-state index is 8.70. The van der Waals surface area contributed by atoms with E-state index in [0.29, 0.717) is 5.41 Å². The van der Waals surface area contributed by atoms with Gasteiger partial charge >= 0.3 is 0 Å². The Morgan fingerprint density at radius 2 is 1.86 bits per heavy atom. The molecule has 0 nitrogen and oxygen atoms in total. The third kappa shape index (κ3) is 3.52. The van der Waals surface area contributed by atoms with Gasteiger partial charge in [0, 0.05) is 6.75 Å². The van der Waals surface area contributed by atoms with E-state index < -0.39 is 0 Å². The Hall–Kier alpha value is 0.0300. The Morgan fingerprint density at radius 3 is 2.61 bits per heavy atom. The molecule has 0 saturated heterocycles. The summed E-state index contributed by atoms with van der Waals surface area (Å²) in [6, 6.07) is 0. The van der Waals surface area contributed by atoms with Gasteiger partial charge in [0.2, 0.25) is 0 Å². The third-order valence-corrected chi connectivity index (χ3v) is 10.4. The largest absolute Gasteiger partial charge is 0.123 e. The van der Waals surface area contributed by atoms with Crippen molar-refractivity contribution in [3.8, 4) is 0 Å². The van der Waals surface area contributed by atoms with Crippen molar-refractivity contribution in [3.05, 3.63) is 11.6 Å². The summed E-state index contributed by atoms with van der Waals surface area (Å²) in [5.74, 6) is 5.22. The van der Waals surface area contributed by atoms with E-state index >= 15 is 0 Å². The molecule has 0 radical (unpaired) electrons. The van der Waals surface area contributed by atoms with Gasteiger partial charge in [0.1, 0.15) is 0 Å². The van der Waals surface area contributed by atoms with Crippen molar-refractivity contribution >= 4 is 11.6 Å². The highest BCUT2D eigenvalue weighted by molar-refractivity contribution is 6.20. The summed E-state index contributed by atoms with van der Waals surface area (Å²) >= 11 is 6.52. The Morgan fingerprint density at radius 1 is 1.07 bits per heavy atom. The van der Waals surface area contributed by atoms with Crippen LogP contribution in [0, 0.1) is 46.3 Å². The zero-order chi connectivity index (χ0) is 21.0. The molecule has 0 aromatic carbocycles. The highest BCUT2D eigenvalue weighted by Crippen LogP contribution is 2.67. The fraction of sp³-hybridized carbons (Fsp3) is 0.926. The molecular formula is C27H45Cl. The predicted octanol–water partition coefficient (Wildman–Crippen LogP) is 8.64. The minimum atomic E-state index is -0.165. The number of alkyl halides is 1. The summed E-state index contributed by atoms with van der Waals surface area (Å²) in [6.07, 6.45) is 15.8. The van der Waals surface area contributed by atoms with Gasteiger partial charge < -0.3 is 0 Å². The molecular weight excluding hydrogens is 360 g/mol. The second-order valence-corrected chi connectivity index (χ2v) is 12.5. The summed E-state index contributed by atoms with van der Waals surface area (Å²) in [4.78, 5) is 0. The normalized spacial score (nSPS) is 49.7. The number of hydrogen-bond acceptors (Lipinski definition) is 0. The Bertz CT molecular complexity index is 626. The molecule has 0 aromatic rings. The lowest BCUT2D eigenvalue weighted by molar-refractivity contribution is -0.0498. The molecule has 4 aliphatic rings. The second-order valence-electron chi connectivity index (χ2n) is 11.9. The fourth-order valence-electron chi connectivity index (χ4n) is 8.45. The van der Waals surface area contributed by atoms with Gasteiger partial charge in [-0.25, -0.2) is 0 Å². The van der Waals surface area contributed by atoms with Gasteiger partial charge in [-0.1, -0.05) is 65.5 Å². The first kappa shape index (κ1) is 20.0. The van der Waals surface area contributed by atoms with E-state index in [4.69, 9.17) is 13.0 Å². The number of fused-ring (bicyclic) bond motifs is 5. The van der Waals surface area contributed by atoms with Crippen LogP contribution in [0.2, 0.25) is 0 Å². The van der Waals surface area contributed by atoms with E-state index in [9.17, 15) is 0 Å². The monoisotopic (exact) mass is 405 g/mol. The lowest BCUT2D eigenvalue weighted by Gasteiger charge is -2.58. The quantitative estimate of drug-likeness (QED) is 0.317. The standard InChI is InChI=1S/C27H45Cl/c1-18(2)7-6-8-19(3)23-11-12-24-22-10-9-20-17-21(28)13-15-26(20,4)25(22)14-16-27(23,24)5/h9,18-19,21-25H,6-8,10-17H2,1-5H3/t19-,21+,22+,23-,24+,25+,26+,27-/m1/s1/i17D/t17-,19+,21-,22-,23+,24-,25-,26-,27+/m0. The van der Waals surface area contributed by atoms with Crippen molar-refractivity contribution in [2.75, 3.05) is 0 Å². The third-order valence-electron chi connectivity index (χ3n) is 10.0. The zero-order valence-electron chi connectivity index (χ0n) is 20.1. The van der Waals surface area contributed by atoms with E-state index in [1.807, 2.05) is 0 Å². The number of halogens is 1. The van der Waals surface area contributed by atoms with Crippen molar-refractivity contribution in [3.63, 3.8) is 0 Å². The molecule has 4 aliphatic carbocycles. The van der Waals surface area contributed by atoms with Crippen LogP contribution in [-0.4, -0.2) is 5.38 Å². The molecule has 0 bridgehead atoms. The molecule has 0 N–H and O–H groups in total. The average Bonchev–Trinajstić information content (AvgIpc) is 3.02. The average molecular weight is 406 g/mol. The van der Waals surface area contributed by atoms with Crippen LogP contribution >= 0.6 is 11.6 Å². The van der Waals surface area contributed by atoms with Crippen LogP contribution in [0.3, 0.4) is 0 Å². The van der Waals surface area contributed by atoms with Crippen molar-refractivity contribution in [2.45, 2.75) is 111 Å². The molecule has 0 aromatic heterocycles. The number of allylic oxidation sites excluding steroid dienone is 2. The van der Waals surface area contributed by atoms with Gasteiger partial charge in [0.25, 0.3) is 0 Å². The van der Waals surface area contributed by atoms with Crippen molar-refractivity contribution < 1.29 is 1.37 Å². The summed E-state index contributed by atoms with van der Waals surface area (Å²) < 4.78 is 8.70. The first-order valence-electron chi connectivity index (χ1n) is 13.0. The minimum absolute atomic E-state index is 0.0299. The highest BCUT2D eigenvalue weighted by Gasteiger charge is 2.58. The molecule has 28 heavy (non-hydrogen) atoms. The molecule has 0 amide bonds. The summed E-state index contributed by atoms with van der Waals surface area (Å²) in [5, 5.41) is 0.0299. The Balaban J connectivity index is 1.51. The fourth-order valence-corrected chi connectivity index (χ4v) is 8.69. The van der Waals surface area contributed by atoms with E-state index in [-0.39, 0.29) is 17.2 Å². The van der Waals surface area contributed by atoms with E-state index in [1.165, 1.54) is 63.4 Å². The second kappa shape index (κ2) is 7.94. The predicted molar refractivity (Wildman–Crippen MR) is 123 cm³/mol. The summed E-state index contributed by atoms with van der Waals surface area (Å²) in [6.45, 7) is 12.5. The summed E-state index contributed by atoms with van der Waals surface area (Å²) in [7, 11) is 0. The first-order chi connectivity index (χ1) is 13.7. The molecule has 9 atom stereocenters.